The molecule has 1 unspecified atom stereocenters. The van der Waals surface area contributed by atoms with E-state index in [9.17, 15) is 9.18 Å². The highest BCUT2D eigenvalue weighted by Crippen LogP contribution is 2.17. The topological polar surface area (TPSA) is 62.2 Å². The Kier molecular flexibility index (Phi) is 5.25. The van der Waals surface area contributed by atoms with Gasteiger partial charge in [-0.15, -0.1) is 0 Å². The van der Waals surface area contributed by atoms with Crippen LogP contribution < -0.4 is 10.1 Å². The van der Waals surface area contributed by atoms with Gasteiger partial charge in [0.15, 0.2) is 0 Å². The third-order valence-corrected chi connectivity index (χ3v) is 3.12. The largest absolute Gasteiger partial charge is 0.493 e. The van der Waals surface area contributed by atoms with E-state index in [-0.39, 0.29) is 18.2 Å². The van der Waals surface area contributed by atoms with E-state index in [2.05, 4.69) is 5.32 Å². The third kappa shape index (κ3) is 4.15. The highest BCUT2D eigenvalue weighted by atomic mass is 19.1. The van der Waals surface area contributed by atoms with Crippen molar-refractivity contribution in [3.63, 3.8) is 0 Å². The normalized spacial score (nSPS) is 11.5. The van der Waals surface area contributed by atoms with E-state index < -0.39 is 11.7 Å². The zero-order valence-corrected chi connectivity index (χ0v) is 12.2. The first kappa shape index (κ1) is 15.7. The molecule has 0 saturated heterocycles. The summed E-state index contributed by atoms with van der Waals surface area (Å²) in [6, 6.07) is 13.1. The summed E-state index contributed by atoms with van der Waals surface area (Å²) in [4.78, 5) is 12.1. The van der Waals surface area contributed by atoms with Gasteiger partial charge in [-0.1, -0.05) is 25.1 Å². The number of ether oxygens (including phenoxy) is 1. The maximum atomic E-state index is 13.3. The third-order valence-electron chi connectivity index (χ3n) is 3.12. The van der Waals surface area contributed by atoms with Gasteiger partial charge in [-0.3, -0.25) is 4.79 Å². The fraction of sp³-hybridized carbons (Fsp3) is 0.176. The Morgan fingerprint density at radius 3 is 2.73 bits per heavy atom. The van der Waals surface area contributed by atoms with Crippen molar-refractivity contribution in [3.8, 4) is 5.75 Å². The summed E-state index contributed by atoms with van der Waals surface area (Å²) < 4.78 is 18.8. The van der Waals surface area contributed by atoms with Crippen molar-refractivity contribution in [1.29, 1.82) is 5.41 Å². The molecule has 0 heterocycles. The lowest BCUT2D eigenvalue weighted by molar-refractivity contribution is -0.120. The van der Waals surface area contributed by atoms with Gasteiger partial charge in [0, 0.05) is 11.8 Å². The van der Waals surface area contributed by atoms with Gasteiger partial charge in [0.1, 0.15) is 11.6 Å². The molecule has 114 valence electrons. The summed E-state index contributed by atoms with van der Waals surface area (Å²) in [5, 5.41) is 9.90. The molecule has 0 spiro atoms. The molecular formula is C17H17FN2O2. The zero-order chi connectivity index (χ0) is 15.9. The van der Waals surface area contributed by atoms with Crippen molar-refractivity contribution in [2.45, 2.75) is 6.92 Å². The number of halogens is 1. The van der Waals surface area contributed by atoms with Crippen LogP contribution in [0.5, 0.6) is 5.75 Å². The molecule has 1 atom stereocenters. The second kappa shape index (κ2) is 7.36. The number of benzene rings is 2. The minimum absolute atomic E-state index is 0.213. The minimum atomic E-state index is -0.464. The lowest BCUT2D eigenvalue weighted by Gasteiger charge is -2.14. The molecule has 2 aromatic rings. The number of hydrogen-bond acceptors (Lipinski definition) is 3. The first-order valence-corrected chi connectivity index (χ1v) is 6.89. The number of anilines is 1. The van der Waals surface area contributed by atoms with Crippen molar-refractivity contribution >= 4 is 17.8 Å². The lowest BCUT2D eigenvalue weighted by atomic mass is 10.1. The molecule has 0 aromatic heterocycles. The van der Waals surface area contributed by atoms with Crippen LogP contribution in [-0.4, -0.2) is 18.7 Å². The first-order chi connectivity index (χ1) is 10.6. The standard InChI is InChI=1S/C17H17FN2O2/c1-12(11-22-15-5-3-2-4-6-15)17(21)20-16-9-14(18)8-7-13(16)10-19/h2-10,12,19H,11H2,1H3,(H,20,21). The fourth-order valence-electron chi connectivity index (χ4n) is 1.83. The van der Waals surface area contributed by atoms with Crippen LogP contribution in [0.2, 0.25) is 0 Å². The lowest BCUT2D eigenvalue weighted by Crippen LogP contribution is -2.26. The van der Waals surface area contributed by atoms with Crippen molar-refractivity contribution < 1.29 is 13.9 Å². The minimum Gasteiger partial charge on any atom is -0.493 e. The molecule has 4 nitrogen and oxygen atoms in total. The van der Waals surface area contributed by atoms with Crippen molar-refractivity contribution in [3.05, 3.63) is 59.9 Å². The average Bonchev–Trinajstić information content (AvgIpc) is 2.53. The average molecular weight is 300 g/mol. The zero-order valence-electron chi connectivity index (χ0n) is 12.2. The molecule has 0 bridgehead atoms. The van der Waals surface area contributed by atoms with Crippen LogP contribution in [0.25, 0.3) is 0 Å². The molecule has 22 heavy (non-hydrogen) atoms. The predicted octanol–water partition coefficient (Wildman–Crippen LogP) is 3.48. The van der Waals surface area contributed by atoms with Gasteiger partial charge >= 0.3 is 0 Å². The van der Waals surface area contributed by atoms with E-state index in [4.69, 9.17) is 10.1 Å². The van der Waals surface area contributed by atoms with Gasteiger partial charge < -0.3 is 15.5 Å². The summed E-state index contributed by atoms with van der Waals surface area (Å²) in [6.07, 6.45) is 1.07. The van der Waals surface area contributed by atoms with Gasteiger partial charge in [-0.2, -0.15) is 0 Å². The SMILES string of the molecule is CC(COc1ccccc1)C(=O)Nc1cc(F)ccc1C=N. The second-order valence-corrected chi connectivity index (χ2v) is 4.89. The van der Waals surface area contributed by atoms with Crippen LogP contribution >= 0.6 is 0 Å². The predicted molar refractivity (Wildman–Crippen MR) is 84.0 cm³/mol. The van der Waals surface area contributed by atoms with Gasteiger partial charge in [-0.05, 0) is 30.3 Å². The summed E-state index contributed by atoms with van der Waals surface area (Å²) in [5.74, 6) is -0.478. The molecule has 2 N–H and O–H groups in total. The van der Waals surface area contributed by atoms with Crippen LogP contribution in [-0.2, 0) is 4.79 Å². The van der Waals surface area contributed by atoms with E-state index in [1.807, 2.05) is 30.3 Å². The summed E-state index contributed by atoms with van der Waals surface area (Å²) in [5.41, 5.74) is 0.734. The van der Waals surface area contributed by atoms with Crippen molar-refractivity contribution in [2.75, 3.05) is 11.9 Å². The highest BCUT2D eigenvalue weighted by molar-refractivity contribution is 5.97. The molecule has 2 aromatic carbocycles. The number of amides is 1. The summed E-state index contributed by atoms with van der Waals surface area (Å²) in [7, 11) is 0. The Bertz CT molecular complexity index is 659. The van der Waals surface area contributed by atoms with Gasteiger partial charge in [-0.25, -0.2) is 4.39 Å². The smallest absolute Gasteiger partial charge is 0.230 e. The van der Waals surface area contributed by atoms with Gasteiger partial charge in [0.2, 0.25) is 5.91 Å². The Labute approximate surface area is 128 Å². The number of rotatable bonds is 6. The molecule has 0 fully saturated rings. The number of para-hydroxylation sites is 1. The molecule has 0 radical (unpaired) electrons. The molecule has 0 aliphatic rings. The Hall–Kier alpha value is -2.69. The Morgan fingerprint density at radius 2 is 2.05 bits per heavy atom. The molecular weight excluding hydrogens is 283 g/mol. The molecule has 0 aliphatic heterocycles. The second-order valence-electron chi connectivity index (χ2n) is 4.89. The maximum absolute atomic E-state index is 13.3. The van der Waals surface area contributed by atoms with E-state index in [0.717, 1.165) is 6.21 Å². The Morgan fingerprint density at radius 1 is 1.32 bits per heavy atom. The number of carbonyl (C=O) groups is 1. The van der Waals surface area contributed by atoms with Crippen LogP contribution in [0.1, 0.15) is 12.5 Å². The summed E-state index contributed by atoms with van der Waals surface area (Å²) >= 11 is 0. The van der Waals surface area contributed by atoms with E-state index in [1.54, 1.807) is 6.92 Å². The van der Waals surface area contributed by atoms with Gasteiger partial charge in [0.05, 0.1) is 18.2 Å². The quantitative estimate of drug-likeness (QED) is 0.802. The van der Waals surface area contributed by atoms with E-state index in [0.29, 0.717) is 11.3 Å². The maximum Gasteiger partial charge on any atom is 0.230 e. The number of carbonyl (C=O) groups excluding carboxylic acids is 1. The molecule has 0 saturated carbocycles. The number of nitrogens with one attached hydrogen (secondary N) is 2. The van der Waals surface area contributed by atoms with Gasteiger partial charge in [0.25, 0.3) is 0 Å². The van der Waals surface area contributed by atoms with E-state index in [1.165, 1.54) is 18.2 Å². The van der Waals surface area contributed by atoms with Crippen LogP contribution in [0.4, 0.5) is 10.1 Å². The summed E-state index contributed by atoms with van der Waals surface area (Å²) in [6.45, 7) is 1.94. The van der Waals surface area contributed by atoms with Crippen LogP contribution in [0.15, 0.2) is 48.5 Å². The van der Waals surface area contributed by atoms with Crippen molar-refractivity contribution in [2.24, 2.45) is 5.92 Å². The van der Waals surface area contributed by atoms with Crippen LogP contribution in [0, 0.1) is 17.1 Å². The molecule has 5 heteroatoms. The Balaban J connectivity index is 1.97. The first-order valence-electron chi connectivity index (χ1n) is 6.89. The molecule has 2 rings (SSSR count). The van der Waals surface area contributed by atoms with E-state index >= 15 is 0 Å². The van der Waals surface area contributed by atoms with Crippen molar-refractivity contribution in [1.82, 2.24) is 0 Å². The van der Waals surface area contributed by atoms with Crippen LogP contribution in [0.3, 0.4) is 0 Å². The number of hydrogen-bond donors (Lipinski definition) is 2. The molecule has 0 aliphatic carbocycles. The molecule has 1 amide bonds. The highest BCUT2D eigenvalue weighted by Gasteiger charge is 2.15. The fourth-order valence-corrected chi connectivity index (χ4v) is 1.83. The monoisotopic (exact) mass is 300 g/mol.